The van der Waals surface area contributed by atoms with Crippen LogP contribution in [0.1, 0.15) is 30.9 Å². The molecule has 4 heteroatoms. The van der Waals surface area contributed by atoms with Gasteiger partial charge in [0.2, 0.25) is 0 Å². The molecular weight excluding hydrogens is 215 g/mol. The Morgan fingerprint density at radius 2 is 1.56 bits per heavy atom. The van der Waals surface area contributed by atoms with Crippen molar-refractivity contribution >= 4 is 0 Å². The van der Waals surface area contributed by atoms with Crippen LogP contribution in [-0.4, -0.2) is 6.04 Å². The first-order chi connectivity index (χ1) is 7.24. The SMILES string of the molecule is CC1(C)C(N)C1c1ccc(C(F)(F)F)cc1. The van der Waals surface area contributed by atoms with Crippen LogP contribution in [0.25, 0.3) is 0 Å². The molecule has 0 saturated heterocycles. The minimum Gasteiger partial charge on any atom is -0.327 e. The standard InChI is InChI=1S/C12H14F3N/c1-11(2)9(10(11)16)7-3-5-8(6-4-7)12(13,14)15/h3-6,9-10H,16H2,1-2H3. The Morgan fingerprint density at radius 3 is 1.88 bits per heavy atom. The maximum absolute atomic E-state index is 12.3. The molecule has 1 aromatic carbocycles. The molecule has 0 aromatic heterocycles. The summed E-state index contributed by atoms with van der Waals surface area (Å²) < 4.78 is 37.0. The van der Waals surface area contributed by atoms with Gasteiger partial charge in [0.15, 0.2) is 0 Å². The van der Waals surface area contributed by atoms with Gasteiger partial charge in [0.05, 0.1) is 5.56 Å². The molecule has 1 aromatic rings. The lowest BCUT2D eigenvalue weighted by molar-refractivity contribution is -0.137. The summed E-state index contributed by atoms with van der Waals surface area (Å²) in [6, 6.07) is 5.35. The van der Waals surface area contributed by atoms with Crippen LogP contribution < -0.4 is 5.73 Å². The van der Waals surface area contributed by atoms with Crippen molar-refractivity contribution in [2.75, 3.05) is 0 Å². The van der Waals surface area contributed by atoms with E-state index < -0.39 is 11.7 Å². The molecule has 0 bridgehead atoms. The van der Waals surface area contributed by atoms with Gasteiger partial charge in [-0.1, -0.05) is 26.0 Å². The van der Waals surface area contributed by atoms with E-state index in [0.29, 0.717) is 0 Å². The van der Waals surface area contributed by atoms with Crippen LogP contribution in [0, 0.1) is 5.41 Å². The average molecular weight is 229 g/mol. The minimum absolute atomic E-state index is 0.000249. The van der Waals surface area contributed by atoms with Crippen molar-refractivity contribution in [2.24, 2.45) is 11.1 Å². The summed E-state index contributed by atoms with van der Waals surface area (Å²) in [7, 11) is 0. The summed E-state index contributed by atoms with van der Waals surface area (Å²) in [4.78, 5) is 0. The second-order valence-electron chi connectivity index (χ2n) is 4.94. The molecule has 0 spiro atoms. The summed E-state index contributed by atoms with van der Waals surface area (Å²) in [5, 5.41) is 0. The maximum Gasteiger partial charge on any atom is 0.416 e. The predicted molar refractivity (Wildman–Crippen MR) is 55.9 cm³/mol. The Kier molecular flexibility index (Phi) is 2.31. The van der Waals surface area contributed by atoms with E-state index in [0.717, 1.165) is 17.7 Å². The third-order valence-corrected chi connectivity index (χ3v) is 3.51. The second kappa shape index (κ2) is 3.23. The van der Waals surface area contributed by atoms with Crippen molar-refractivity contribution < 1.29 is 13.2 Å². The Labute approximate surface area is 92.5 Å². The van der Waals surface area contributed by atoms with E-state index in [9.17, 15) is 13.2 Å². The van der Waals surface area contributed by atoms with E-state index >= 15 is 0 Å². The fourth-order valence-corrected chi connectivity index (χ4v) is 2.19. The molecule has 16 heavy (non-hydrogen) atoms. The van der Waals surface area contributed by atoms with Gasteiger partial charge in [-0.05, 0) is 23.1 Å². The van der Waals surface area contributed by atoms with E-state index in [1.165, 1.54) is 12.1 Å². The first kappa shape index (κ1) is 11.5. The van der Waals surface area contributed by atoms with Crippen molar-refractivity contribution in [1.29, 1.82) is 0 Å². The number of benzene rings is 1. The predicted octanol–water partition coefficient (Wildman–Crippen LogP) is 3.16. The van der Waals surface area contributed by atoms with Crippen molar-refractivity contribution in [3.63, 3.8) is 0 Å². The van der Waals surface area contributed by atoms with Crippen LogP contribution in [0.2, 0.25) is 0 Å². The highest BCUT2D eigenvalue weighted by molar-refractivity contribution is 5.36. The van der Waals surface area contributed by atoms with E-state index in [-0.39, 0.29) is 17.4 Å². The molecular formula is C12H14F3N. The fraction of sp³-hybridized carbons (Fsp3) is 0.500. The average Bonchev–Trinajstić information content (AvgIpc) is 2.65. The van der Waals surface area contributed by atoms with Gasteiger partial charge in [0.25, 0.3) is 0 Å². The van der Waals surface area contributed by atoms with Gasteiger partial charge in [0, 0.05) is 12.0 Å². The minimum atomic E-state index is -4.26. The zero-order chi connectivity index (χ0) is 12.1. The van der Waals surface area contributed by atoms with Crippen LogP contribution in [0.15, 0.2) is 24.3 Å². The molecule has 1 aliphatic rings. The van der Waals surface area contributed by atoms with E-state index in [1.807, 2.05) is 13.8 Å². The molecule has 1 fully saturated rings. The molecule has 2 unspecified atom stereocenters. The first-order valence-electron chi connectivity index (χ1n) is 5.17. The Morgan fingerprint density at radius 1 is 1.12 bits per heavy atom. The molecule has 88 valence electrons. The number of alkyl halides is 3. The van der Waals surface area contributed by atoms with Crippen molar-refractivity contribution in [2.45, 2.75) is 32.0 Å². The quantitative estimate of drug-likeness (QED) is 0.786. The van der Waals surface area contributed by atoms with Crippen LogP contribution in [0.3, 0.4) is 0 Å². The summed E-state index contributed by atoms with van der Waals surface area (Å²) in [5.41, 5.74) is 6.16. The summed E-state index contributed by atoms with van der Waals surface area (Å²) in [6.07, 6.45) is -4.26. The van der Waals surface area contributed by atoms with E-state index in [1.54, 1.807) is 0 Å². The summed E-state index contributed by atoms with van der Waals surface area (Å²) in [6.45, 7) is 4.06. The highest BCUT2D eigenvalue weighted by atomic mass is 19.4. The highest BCUT2D eigenvalue weighted by Crippen LogP contribution is 2.57. The van der Waals surface area contributed by atoms with Crippen LogP contribution in [0.5, 0.6) is 0 Å². The van der Waals surface area contributed by atoms with Gasteiger partial charge in [-0.3, -0.25) is 0 Å². The molecule has 1 saturated carbocycles. The van der Waals surface area contributed by atoms with Crippen molar-refractivity contribution in [3.05, 3.63) is 35.4 Å². The van der Waals surface area contributed by atoms with E-state index in [2.05, 4.69) is 0 Å². The molecule has 2 rings (SSSR count). The van der Waals surface area contributed by atoms with Gasteiger partial charge in [0.1, 0.15) is 0 Å². The fourth-order valence-electron chi connectivity index (χ4n) is 2.19. The second-order valence-corrected chi connectivity index (χ2v) is 4.94. The molecule has 1 aliphatic carbocycles. The molecule has 1 nitrogen and oxygen atoms in total. The molecule has 2 atom stereocenters. The van der Waals surface area contributed by atoms with Gasteiger partial charge in [-0.2, -0.15) is 13.2 Å². The normalized spacial score (nSPS) is 27.9. The van der Waals surface area contributed by atoms with Crippen LogP contribution in [-0.2, 0) is 6.18 Å². The lowest BCUT2D eigenvalue weighted by Crippen LogP contribution is -2.06. The zero-order valence-corrected chi connectivity index (χ0v) is 9.18. The summed E-state index contributed by atoms with van der Waals surface area (Å²) in [5.74, 6) is 0.176. The number of hydrogen-bond donors (Lipinski definition) is 1. The highest BCUT2D eigenvalue weighted by Gasteiger charge is 2.56. The van der Waals surface area contributed by atoms with Crippen LogP contribution in [0.4, 0.5) is 13.2 Å². The van der Waals surface area contributed by atoms with Crippen LogP contribution >= 0.6 is 0 Å². The molecule has 0 amide bonds. The maximum atomic E-state index is 12.3. The number of hydrogen-bond acceptors (Lipinski definition) is 1. The molecule has 2 N–H and O–H groups in total. The molecule has 0 radical (unpaired) electrons. The number of rotatable bonds is 1. The smallest absolute Gasteiger partial charge is 0.327 e. The number of halogens is 3. The largest absolute Gasteiger partial charge is 0.416 e. The van der Waals surface area contributed by atoms with Gasteiger partial charge < -0.3 is 5.73 Å². The number of nitrogens with two attached hydrogens (primary N) is 1. The molecule has 0 heterocycles. The first-order valence-corrected chi connectivity index (χ1v) is 5.17. The third kappa shape index (κ3) is 1.71. The van der Waals surface area contributed by atoms with Crippen molar-refractivity contribution in [1.82, 2.24) is 0 Å². The summed E-state index contributed by atoms with van der Waals surface area (Å²) >= 11 is 0. The van der Waals surface area contributed by atoms with Crippen molar-refractivity contribution in [3.8, 4) is 0 Å². The Bertz CT molecular complexity index is 392. The topological polar surface area (TPSA) is 26.0 Å². The lowest BCUT2D eigenvalue weighted by atomic mass is 10.0. The zero-order valence-electron chi connectivity index (χ0n) is 9.18. The molecule has 0 aliphatic heterocycles. The van der Waals surface area contributed by atoms with Gasteiger partial charge in [-0.25, -0.2) is 0 Å². The monoisotopic (exact) mass is 229 g/mol. The van der Waals surface area contributed by atoms with Gasteiger partial charge in [-0.15, -0.1) is 0 Å². The lowest BCUT2D eigenvalue weighted by Gasteiger charge is -2.08. The Hall–Kier alpha value is -1.03. The van der Waals surface area contributed by atoms with Gasteiger partial charge >= 0.3 is 6.18 Å². The Balaban J connectivity index is 2.22. The third-order valence-electron chi connectivity index (χ3n) is 3.51. The van der Waals surface area contributed by atoms with E-state index in [4.69, 9.17) is 5.73 Å².